The fraction of sp³-hybridized carbons (Fsp3) is 0.333. The molecule has 3 aromatic rings. The van der Waals surface area contributed by atoms with Gasteiger partial charge in [-0.05, 0) is 48.1 Å². The quantitative estimate of drug-likeness (QED) is 0.728. The van der Waals surface area contributed by atoms with Crippen LogP contribution in [0.25, 0.3) is 0 Å². The molecule has 2 heterocycles. The highest BCUT2D eigenvalue weighted by Gasteiger charge is 2.51. The lowest BCUT2D eigenvalue weighted by Gasteiger charge is -2.29. The van der Waals surface area contributed by atoms with Crippen molar-refractivity contribution in [1.82, 2.24) is 14.7 Å². The summed E-state index contributed by atoms with van der Waals surface area (Å²) in [5.74, 6) is 0.117. The molecule has 0 saturated heterocycles. The summed E-state index contributed by atoms with van der Waals surface area (Å²) < 4.78 is 1.85. The van der Waals surface area contributed by atoms with Crippen LogP contribution in [0.4, 0.5) is 5.69 Å². The molecule has 1 aromatic heterocycles. The molecule has 5 rings (SSSR count). The molecule has 1 N–H and O–H groups in total. The lowest BCUT2D eigenvalue weighted by Crippen LogP contribution is -2.30. The molecule has 1 fully saturated rings. The standard InChI is InChI=1S/C24H26N4O/c1-27-15-18(14-25-27)16-28-12-9-19-7-8-22(13-20(19)17-28)26-23(29)24(10-11-24)21-5-3-2-4-6-21/h2-8,13-15H,9-12,16-17H2,1H3,(H,26,29). The third-order valence-corrected chi connectivity index (χ3v) is 6.23. The molecule has 1 saturated carbocycles. The number of amides is 1. The maximum absolute atomic E-state index is 13.0. The molecule has 0 atom stereocenters. The highest BCUT2D eigenvalue weighted by Crippen LogP contribution is 2.49. The molecule has 1 aliphatic heterocycles. The zero-order valence-electron chi connectivity index (χ0n) is 16.8. The number of rotatable bonds is 5. The van der Waals surface area contributed by atoms with Gasteiger partial charge in [-0.15, -0.1) is 0 Å². The molecule has 5 heteroatoms. The Bertz CT molecular complexity index is 1040. The maximum atomic E-state index is 13.0. The highest BCUT2D eigenvalue weighted by atomic mass is 16.2. The van der Waals surface area contributed by atoms with Gasteiger partial charge in [-0.2, -0.15) is 5.10 Å². The molecule has 0 radical (unpaired) electrons. The van der Waals surface area contributed by atoms with E-state index in [0.29, 0.717) is 0 Å². The van der Waals surface area contributed by atoms with Gasteiger partial charge in [0.05, 0.1) is 11.6 Å². The minimum Gasteiger partial charge on any atom is -0.325 e. The van der Waals surface area contributed by atoms with Crippen LogP contribution in [-0.2, 0) is 36.8 Å². The van der Waals surface area contributed by atoms with Crippen molar-refractivity contribution >= 4 is 11.6 Å². The first-order chi connectivity index (χ1) is 14.1. The van der Waals surface area contributed by atoms with E-state index in [2.05, 4.69) is 51.8 Å². The van der Waals surface area contributed by atoms with Crippen molar-refractivity contribution in [2.24, 2.45) is 7.05 Å². The Hall–Kier alpha value is -2.92. The van der Waals surface area contributed by atoms with Gasteiger partial charge in [-0.3, -0.25) is 14.4 Å². The molecule has 1 aliphatic carbocycles. The van der Waals surface area contributed by atoms with Crippen molar-refractivity contribution in [2.75, 3.05) is 11.9 Å². The number of aromatic nitrogens is 2. The molecule has 0 unspecified atom stereocenters. The SMILES string of the molecule is Cn1cc(CN2CCc3ccc(NC(=O)C4(c5ccccc5)CC4)cc3C2)cn1. The number of hydrogen-bond donors (Lipinski definition) is 1. The average molecular weight is 386 g/mol. The fourth-order valence-corrected chi connectivity index (χ4v) is 4.42. The van der Waals surface area contributed by atoms with E-state index in [0.717, 1.165) is 50.1 Å². The van der Waals surface area contributed by atoms with E-state index in [1.807, 2.05) is 36.1 Å². The summed E-state index contributed by atoms with van der Waals surface area (Å²) >= 11 is 0. The zero-order chi connectivity index (χ0) is 19.8. The van der Waals surface area contributed by atoms with E-state index < -0.39 is 0 Å². The normalized spacial score (nSPS) is 17.6. The van der Waals surface area contributed by atoms with Crippen molar-refractivity contribution in [2.45, 2.75) is 37.8 Å². The first-order valence-corrected chi connectivity index (χ1v) is 10.3. The van der Waals surface area contributed by atoms with Crippen LogP contribution in [0.5, 0.6) is 0 Å². The van der Waals surface area contributed by atoms with Crippen LogP contribution in [0.2, 0.25) is 0 Å². The van der Waals surface area contributed by atoms with E-state index in [-0.39, 0.29) is 11.3 Å². The summed E-state index contributed by atoms with van der Waals surface area (Å²) in [7, 11) is 1.95. The monoisotopic (exact) mass is 386 g/mol. The van der Waals surface area contributed by atoms with E-state index >= 15 is 0 Å². The summed E-state index contributed by atoms with van der Waals surface area (Å²) in [5, 5.41) is 7.46. The first kappa shape index (κ1) is 18.1. The smallest absolute Gasteiger partial charge is 0.235 e. The van der Waals surface area contributed by atoms with Crippen molar-refractivity contribution in [3.05, 3.63) is 83.2 Å². The first-order valence-electron chi connectivity index (χ1n) is 10.3. The predicted octanol–water partition coefficient (Wildman–Crippen LogP) is 3.65. The Kier molecular flexibility index (Phi) is 4.47. The lowest BCUT2D eigenvalue weighted by molar-refractivity contribution is -0.118. The van der Waals surface area contributed by atoms with Gasteiger partial charge in [0.2, 0.25) is 5.91 Å². The van der Waals surface area contributed by atoms with Crippen molar-refractivity contribution in [3.63, 3.8) is 0 Å². The summed E-state index contributed by atoms with van der Waals surface area (Å²) in [6, 6.07) is 16.5. The van der Waals surface area contributed by atoms with Crippen LogP contribution >= 0.6 is 0 Å². The van der Waals surface area contributed by atoms with Crippen LogP contribution in [0, 0.1) is 0 Å². The zero-order valence-corrected chi connectivity index (χ0v) is 16.8. The Morgan fingerprint density at radius 1 is 1.14 bits per heavy atom. The number of carbonyl (C=O) groups is 1. The lowest BCUT2D eigenvalue weighted by atomic mass is 9.94. The Morgan fingerprint density at radius 3 is 2.69 bits per heavy atom. The molecular formula is C24H26N4O. The van der Waals surface area contributed by atoms with Gasteiger partial charge >= 0.3 is 0 Å². The van der Waals surface area contributed by atoms with E-state index in [1.165, 1.54) is 16.7 Å². The average Bonchev–Trinajstić information content (AvgIpc) is 3.46. The fourth-order valence-electron chi connectivity index (χ4n) is 4.42. The van der Waals surface area contributed by atoms with Crippen LogP contribution in [-0.4, -0.2) is 27.1 Å². The Morgan fingerprint density at radius 2 is 1.97 bits per heavy atom. The van der Waals surface area contributed by atoms with Crippen LogP contribution in [0.3, 0.4) is 0 Å². The van der Waals surface area contributed by atoms with Gasteiger partial charge in [0, 0.05) is 44.1 Å². The molecule has 0 bridgehead atoms. The minimum absolute atomic E-state index is 0.117. The number of aryl methyl sites for hydroxylation is 1. The Balaban J connectivity index is 1.29. The summed E-state index contributed by atoms with van der Waals surface area (Å²) in [6.45, 7) is 2.85. The molecule has 2 aliphatic rings. The van der Waals surface area contributed by atoms with E-state index in [9.17, 15) is 4.79 Å². The topological polar surface area (TPSA) is 50.2 Å². The second-order valence-electron chi connectivity index (χ2n) is 8.37. The summed E-state index contributed by atoms with van der Waals surface area (Å²) in [4.78, 5) is 15.5. The third kappa shape index (κ3) is 3.58. The summed E-state index contributed by atoms with van der Waals surface area (Å²) in [5.41, 5.74) is 5.61. The van der Waals surface area contributed by atoms with Crippen LogP contribution in [0.1, 0.15) is 35.1 Å². The number of carbonyl (C=O) groups excluding carboxylic acids is 1. The molecule has 29 heavy (non-hydrogen) atoms. The molecule has 2 aromatic carbocycles. The number of hydrogen-bond acceptors (Lipinski definition) is 3. The number of benzene rings is 2. The van der Waals surface area contributed by atoms with E-state index in [4.69, 9.17) is 0 Å². The van der Waals surface area contributed by atoms with Crippen LogP contribution in [0.15, 0.2) is 60.9 Å². The van der Waals surface area contributed by atoms with Crippen molar-refractivity contribution in [1.29, 1.82) is 0 Å². The van der Waals surface area contributed by atoms with E-state index in [1.54, 1.807) is 0 Å². The molecule has 0 spiro atoms. The molecule has 148 valence electrons. The second-order valence-corrected chi connectivity index (χ2v) is 8.37. The minimum atomic E-state index is -0.344. The second kappa shape index (κ2) is 7.16. The van der Waals surface area contributed by atoms with Gasteiger partial charge in [0.25, 0.3) is 0 Å². The molecular weight excluding hydrogens is 360 g/mol. The number of nitrogens with one attached hydrogen (secondary N) is 1. The van der Waals surface area contributed by atoms with Gasteiger partial charge < -0.3 is 5.32 Å². The number of nitrogens with zero attached hydrogens (tertiary/aromatic N) is 3. The predicted molar refractivity (Wildman–Crippen MR) is 113 cm³/mol. The van der Waals surface area contributed by atoms with Crippen molar-refractivity contribution < 1.29 is 4.79 Å². The van der Waals surface area contributed by atoms with Gasteiger partial charge in [0.1, 0.15) is 0 Å². The molecule has 1 amide bonds. The maximum Gasteiger partial charge on any atom is 0.235 e. The largest absolute Gasteiger partial charge is 0.325 e. The Labute approximate surface area is 171 Å². The van der Waals surface area contributed by atoms with Crippen LogP contribution < -0.4 is 5.32 Å². The molecule has 5 nitrogen and oxygen atoms in total. The summed E-state index contributed by atoms with van der Waals surface area (Å²) in [6.07, 6.45) is 6.90. The number of anilines is 1. The van der Waals surface area contributed by atoms with Gasteiger partial charge in [-0.25, -0.2) is 0 Å². The third-order valence-electron chi connectivity index (χ3n) is 6.23. The van der Waals surface area contributed by atoms with Gasteiger partial charge in [-0.1, -0.05) is 36.4 Å². The highest BCUT2D eigenvalue weighted by molar-refractivity contribution is 6.01. The van der Waals surface area contributed by atoms with Gasteiger partial charge in [0.15, 0.2) is 0 Å². The number of fused-ring (bicyclic) bond motifs is 1. The van der Waals surface area contributed by atoms with Crippen molar-refractivity contribution in [3.8, 4) is 0 Å².